The Morgan fingerprint density at radius 2 is 1.31 bits per heavy atom. The zero-order valence-corrected chi connectivity index (χ0v) is 6.77. The molecule has 0 spiro atoms. The van der Waals surface area contributed by atoms with Gasteiger partial charge in [0.05, 0.1) is 0 Å². The Labute approximate surface area is 71.0 Å². The first-order valence-corrected chi connectivity index (χ1v) is 3.38. The van der Waals surface area contributed by atoms with Crippen LogP contribution < -0.4 is 0 Å². The zero-order chi connectivity index (χ0) is 10.7. The van der Waals surface area contributed by atoms with E-state index in [4.69, 9.17) is 0 Å². The molecule has 1 aliphatic carbocycles. The number of halogens is 6. The third kappa shape index (κ3) is 0.900. The van der Waals surface area contributed by atoms with Crippen molar-refractivity contribution in [3.63, 3.8) is 0 Å². The molecule has 0 nitrogen and oxygen atoms in total. The van der Waals surface area contributed by atoms with Gasteiger partial charge in [-0.05, 0) is 18.0 Å². The van der Waals surface area contributed by atoms with Crippen molar-refractivity contribution in [1.29, 1.82) is 0 Å². The predicted molar refractivity (Wildman–Crippen MR) is 36.1 cm³/mol. The molecule has 7 heteroatoms. The fraction of sp³-hybridized carbons (Fsp3) is 0.667. The molecule has 0 heterocycles. The number of allylic oxidation sites excluding steroid dienone is 2. The highest BCUT2D eigenvalue weighted by Crippen LogP contribution is 2.57. The van der Waals surface area contributed by atoms with Gasteiger partial charge in [-0.2, -0.15) is 26.3 Å². The maximum absolute atomic E-state index is 12.6. The fourth-order valence-electron chi connectivity index (χ4n) is 1.14. The Kier molecular flexibility index (Phi) is 1.81. The van der Waals surface area contributed by atoms with Gasteiger partial charge < -0.3 is 0 Å². The lowest BCUT2D eigenvalue weighted by Crippen LogP contribution is -2.49. The summed E-state index contributed by atoms with van der Waals surface area (Å²) in [6.45, 7) is 0.587. The molecule has 0 saturated heterocycles. The smallest absolute Gasteiger partial charge is 0.195 e. The van der Waals surface area contributed by atoms with Crippen LogP contribution in [0.15, 0.2) is 11.0 Å². The molecule has 1 aliphatic rings. The molecule has 0 fully saturated rings. The number of alkyl halides is 6. The van der Waals surface area contributed by atoms with Crippen molar-refractivity contribution in [1.82, 2.24) is 0 Å². The van der Waals surface area contributed by atoms with Crippen LogP contribution in [0.3, 0.4) is 0 Å². The van der Waals surface area contributed by atoms with Gasteiger partial charge in [-0.15, -0.1) is 0 Å². The van der Waals surface area contributed by atoms with E-state index in [0.29, 0.717) is 14.8 Å². The minimum absolute atomic E-state index is 0.587. The Hall–Kier alpha value is -0.615. The lowest BCUT2D eigenvalue weighted by molar-refractivity contribution is -0.263. The second kappa shape index (κ2) is 2.25. The predicted octanol–water partition coefficient (Wildman–Crippen LogP) is 1.81. The molecule has 0 aromatic rings. The van der Waals surface area contributed by atoms with E-state index in [1.165, 1.54) is 0 Å². The fourth-order valence-corrected chi connectivity index (χ4v) is 1.14. The monoisotopic (exact) mass is 202 g/mol. The van der Waals surface area contributed by atoms with Crippen LogP contribution in [0.1, 0.15) is 6.92 Å². The molecule has 0 radical (unpaired) electrons. The average molecular weight is 202 g/mol. The van der Waals surface area contributed by atoms with E-state index in [2.05, 4.69) is 0 Å². The maximum Gasteiger partial charge on any atom is 0.379 e. The van der Waals surface area contributed by atoms with E-state index in [0.717, 1.165) is 0 Å². The average Bonchev–Trinajstić information content (AvgIpc) is 2.05. The van der Waals surface area contributed by atoms with Crippen LogP contribution in [0.5, 0.6) is 0 Å². The minimum atomic E-state index is -5.31. The summed E-state index contributed by atoms with van der Waals surface area (Å²) in [4.78, 5) is 0. The van der Waals surface area contributed by atoms with Crippen LogP contribution >= 0.6 is 0 Å². The third-order valence-corrected chi connectivity index (χ3v) is 2.29. The highest BCUT2D eigenvalue weighted by atomic mass is 19.3. The quantitative estimate of drug-likeness (QED) is 0.415. The summed E-state index contributed by atoms with van der Waals surface area (Å²) in [6.07, 6.45) is 0. The molecule has 0 aromatic carbocycles. The molecule has 0 N–H and O–H groups in total. The van der Waals surface area contributed by atoms with Crippen LogP contribution in [-0.2, 0) is 0 Å². The van der Waals surface area contributed by atoms with Crippen molar-refractivity contribution in [2.45, 2.75) is 24.7 Å². The molecule has 13 heavy (non-hydrogen) atoms. The molecule has 0 saturated carbocycles. The Morgan fingerprint density at radius 3 is 1.38 bits per heavy atom. The third-order valence-electron chi connectivity index (χ3n) is 2.29. The van der Waals surface area contributed by atoms with E-state index in [1.54, 1.807) is 0 Å². The van der Waals surface area contributed by atoms with Crippen molar-refractivity contribution < 1.29 is 26.3 Å². The lowest BCUT2D eigenvalue weighted by atomic mass is 9.89. The molecule has 0 atom stereocenters. The normalized spacial score (nSPS) is 29.5. The van der Waals surface area contributed by atoms with Gasteiger partial charge in [0.25, 0.3) is 0 Å². The zero-order valence-electron chi connectivity index (χ0n) is 6.77. The van der Waals surface area contributed by atoms with Gasteiger partial charge in [0.1, 0.15) is 7.85 Å². The summed E-state index contributed by atoms with van der Waals surface area (Å²) in [5, 5.41) is 0. The Bertz CT molecular complexity index is 253. The first-order valence-electron chi connectivity index (χ1n) is 3.38. The standard InChI is InChI=1S/C6H5BF6/c1-2-3(7)5(10,11)6(12,13)4(2,8)9/h7H2,1H3. The van der Waals surface area contributed by atoms with Crippen LogP contribution in [-0.4, -0.2) is 25.6 Å². The van der Waals surface area contributed by atoms with Crippen molar-refractivity contribution >= 4 is 7.85 Å². The van der Waals surface area contributed by atoms with Gasteiger partial charge in [0.2, 0.25) is 0 Å². The second-order valence-corrected chi connectivity index (χ2v) is 2.97. The summed E-state index contributed by atoms with van der Waals surface area (Å²) in [7, 11) is 0.587. The summed E-state index contributed by atoms with van der Waals surface area (Å²) >= 11 is 0. The molecule has 0 amide bonds. The largest absolute Gasteiger partial charge is 0.379 e. The highest BCUT2D eigenvalue weighted by molar-refractivity contribution is 6.23. The van der Waals surface area contributed by atoms with Crippen LogP contribution in [0, 0.1) is 0 Å². The molecular formula is C6H5BF6. The Balaban J connectivity index is 3.39. The number of hydrogen-bond acceptors (Lipinski definition) is 0. The van der Waals surface area contributed by atoms with Gasteiger partial charge in [-0.25, -0.2) is 0 Å². The molecular weight excluding hydrogens is 197 g/mol. The Morgan fingerprint density at radius 1 is 0.923 bits per heavy atom. The lowest BCUT2D eigenvalue weighted by Gasteiger charge is -2.25. The first kappa shape index (κ1) is 10.5. The summed E-state index contributed by atoms with van der Waals surface area (Å²) in [6, 6.07) is 0. The van der Waals surface area contributed by atoms with E-state index in [9.17, 15) is 26.3 Å². The molecule has 74 valence electrons. The van der Waals surface area contributed by atoms with Gasteiger partial charge in [-0.1, -0.05) is 0 Å². The van der Waals surface area contributed by atoms with Gasteiger partial charge >= 0.3 is 17.8 Å². The summed E-state index contributed by atoms with van der Waals surface area (Å²) < 4.78 is 75.2. The summed E-state index contributed by atoms with van der Waals surface area (Å²) in [5.41, 5.74) is -2.50. The van der Waals surface area contributed by atoms with Crippen molar-refractivity contribution in [2.75, 3.05) is 0 Å². The van der Waals surface area contributed by atoms with Crippen LogP contribution in [0.4, 0.5) is 26.3 Å². The second-order valence-electron chi connectivity index (χ2n) is 2.97. The van der Waals surface area contributed by atoms with E-state index < -0.39 is 28.8 Å². The highest BCUT2D eigenvalue weighted by Gasteiger charge is 2.77. The number of hydrogen-bond donors (Lipinski definition) is 0. The minimum Gasteiger partial charge on any atom is -0.195 e. The van der Waals surface area contributed by atoms with E-state index >= 15 is 0 Å². The molecule has 0 aromatic heterocycles. The van der Waals surface area contributed by atoms with Crippen molar-refractivity contribution in [2.24, 2.45) is 0 Å². The summed E-state index contributed by atoms with van der Waals surface area (Å²) in [5.74, 6) is -14.8. The van der Waals surface area contributed by atoms with Gasteiger partial charge in [0, 0.05) is 0 Å². The van der Waals surface area contributed by atoms with Crippen molar-refractivity contribution in [3.05, 3.63) is 11.0 Å². The maximum atomic E-state index is 12.6. The topological polar surface area (TPSA) is 0 Å². The molecule has 1 rings (SSSR count). The van der Waals surface area contributed by atoms with Crippen molar-refractivity contribution in [3.8, 4) is 0 Å². The number of rotatable bonds is 0. The van der Waals surface area contributed by atoms with Gasteiger partial charge in [-0.3, -0.25) is 0 Å². The molecule has 0 bridgehead atoms. The molecule has 0 unspecified atom stereocenters. The molecule has 0 aliphatic heterocycles. The van der Waals surface area contributed by atoms with Crippen LogP contribution in [0.25, 0.3) is 0 Å². The van der Waals surface area contributed by atoms with Crippen LogP contribution in [0.2, 0.25) is 0 Å². The van der Waals surface area contributed by atoms with Gasteiger partial charge in [0.15, 0.2) is 0 Å². The van der Waals surface area contributed by atoms with E-state index in [1.807, 2.05) is 0 Å². The SMILES string of the molecule is BC1=C(C)C(F)(F)C(F)(F)C1(F)F. The first-order chi connectivity index (χ1) is 5.57. The van der Waals surface area contributed by atoms with E-state index in [-0.39, 0.29) is 0 Å².